The summed E-state index contributed by atoms with van der Waals surface area (Å²) in [6, 6.07) is 2.05. The Labute approximate surface area is 139 Å². The molecule has 0 bridgehead atoms. The third-order valence-electron chi connectivity index (χ3n) is 3.49. The number of anilines is 1. The maximum atomic E-state index is 12.2. The van der Waals surface area contributed by atoms with Crippen LogP contribution in [-0.2, 0) is 28.3 Å². The van der Waals surface area contributed by atoms with Crippen LogP contribution in [0.3, 0.4) is 0 Å². The molecule has 0 aliphatic carbocycles. The lowest BCUT2D eigenvalue weighted by molar-refractivity contribution is -0.114. The van der Waals surface area contributed by atoms with Crippen LogP contribution >= 0.6 is 11.3 Å². The highest BCUT2D eigenvalue weighted by atomic mass is 32.2. The highest BCUT2D eigenvalue weighted by Crippen LogP contribution is 2.19. The van der Waals surface area contributed by atoms with Crippen molar-refractivity contribution in [2.45, 2.75) is 31.5 Å². The smallest absolute Gasteiger partial charge is 0.269 e. The molecule has 0 unspecified atom stereocenters. The van der Waals surface area contributed by atoms with Gasteiger partial charge in [0.05, 0.1) is 0 Å². The number of aromatic nitrogens is 3. The number of aryl methyl sites for hydroxylation is 1. The van der Waals surface area contributed by atoms with Crippen LogP contribution in [0.15, 0.2) is 10.4 Å². The molecule has 10 heteroatoms. The zero-order chi connectivity index (χ0) is 17.2. The summed E-state index contributed by atoms with van der Waals surface area (Å²) >= 11 is 0.815. The van der Waals surface area contributed by atoms with E-state index in [1.807, 2.05) is 27.0 Å². The monoisotopic (exact) mass is 357 g/mol. The van der Waals surface area contributed by atoms with Crippen LogP contribution in [0.25, 0.3) is 0 Å². The fraction of sp³-hybridized carbons (Fsp3) is 0.462. The maximum Gasteiger partial charge on any atom is 0.269 e. The minimum Gasteiger partial charge on any atom is -0.352 e. The molecule has 0 spiro atoms. The summed E-state index contributed by atoms with van der Waals surface area (Å²) in [5.41, 5.74) is 3.35. The second kappa shape index (κ2) is 6.77. The molecule has 8 nitrogen and oxygen atoms in total. The standard InChI is InChI=1S/C13H19N5O3S2/c1-8-7-11(9(2)18(8)4)5-6-14-23(20,21)13-17-16-12(22-13)15-10(3)19/h7,14H,5-6H2,1-4H3,(H,15,16,19). The van der Waals surface area contributed by atoms with Crippen molar-refractivity contribution in [2.75, 3.05) is 11.9 Å². The number of carbonyl (C=O) groups is 1. The predicted molar refractivity (Wildman–Crippen MR) is 88.0 cm³/mol. The van der Waals surface area contributed by atoms with E-state index in [1.54, 1.807) is 0 Å². The van der Waals surface area contributed by atoms with Crippen molar-refractivity contribution in [3.05, 3.63) is 23.0 Å². The zero-order valence-corrected chi connectivity index (χ0v) is 15.0. The quantitative estimate of drug-likeness (QED) is 0.750. The topological polar surface area (TPSA) is 106 Å². The van der Waals surface area contributed by atoms with Crippen LogP contribution in [0.5, 0.6) is 0 Å². The first-order valence-corrected chi connectivity index (χ1v) is 9.23. The van der Waals surface area contributed by atoms with Gasteiger partial charge in [0, 0.05) is 31.9 Å². The van der Waals surface area contributed by atoms with E-state index in [0.717, 1.165) is 28.3 Å². The number of carbonyl (C=O) groups excluding carboxylic acids is 1. The largest absolute Gasteiger partial charge is 0.352 e. The zero-order valence-electron chi connectivity index (χ0n) is 13.4. The van der Waals surface area contributed by atoms with Crippen LogP contribution in [0.4, 0.5) is 5.13 Å². The van der Waals surface area contributed by atoms with E-state index in [0.29, 0.717) is 6.42 Å². The second-order valence-corrected chi connectivity index (χ2v) is 8.08. The highest BCUT2D eigenvalue weighted by Gasteiger charge is 2.20. The molecule has 126 valence electrons. The number of amides is 1. The summed E-state index contributed by atoms with van der Waals surface area (Å²) in [7, 11) is -1.75. The molecule has 0 fully saturated rings. The Morgan fingerprint density at radius 3 is 2.61 bits per heavy atom. The Bertz CT molecular complexity index is 823. The van der Waals surface area contributed by atoms with Gasteiger partial charge in [-0.2, -0.15) is 0 Å². The van der Waals surface area contributed by atoms with E-state index in [9.17, 15) is 13.2 Å². The lowest BCUT2D eigenvalue weighted by Crippen LogP contribution is -2.26. The highest BCUT2D eigenvalue weighted by molar-refractivity contribution is 7.91. The van der Waals surface area contributed by atoms with Gasteiger partial charge in [0.2, 0.25) is 15.4 Å². The summed E-state index contributed by atoms with van der Waals surface area (Å²) in [5.74, 6) is -0.326. The average Bonchev–Trinajstić information content (AvgIpc) is 3.00. The van der Waals surface area contributed by atoms with Crippen LogP contribution in [0, 0.1) is 13.8 Å². The Kier molecular flexibility index (Phi) is 5.17. The van der Waals surface area contributed by atoms with E-state index in [-0.39, 0.29) is 21.9 Å². The summed E-state index contributed by atoms with van der Waals surface area (Å²) < 4.78 is 28.7. The van der Waals surface area contributed by atoms with Gasteiger partial charge in [0.25, 0.3) is 10.0 Å². The molecule has 23 heavy (non-hydrogen) atoms. The summed E-state index contributed by atoms with van der Waals surface area (Å²) in [5, 5.41) is 9.80. The summed E-state index contributed by atoms with van der Waals surface area (Å²) in [6.45, 7) is 5.59. The molecule has 0 atom stereocenters. The molecular weight excluding hydrogens is 338 g/mol. The number of hydrogen-bond donors (Lipinski definition) is 2. The van der Waals surface area contributed by atoms with Crippen molar-refractivity contribution in [1.82, 2.24) is 19.5 Å². The van der Waals surface area contributed by atoms with E-state index in [1.165, 1.54) is 6.92 Å². The number of rotatable bonds is 6. The maximum absolute atomic E-state index is 12.2. The van der Waals surface area contributed by atoms with Crippen LogP contribution < -0.4 is 10.0 Å². The van der Waals surface area contributed by atoms with Crippen LogP contribution in [0.1, 0.15) is 23.9 Å². The molecule has 0 radical (unpaired) electrons. The number of sulfonamides is 1. The van der Waals surface area contributed by atoms with Gasteiger partial charge >= 0.3 is 0 Å². The second-order valence-electron chi connectivity index (χ2n) is 5.16. The van der Waals surface area contributed by atoms with Gasteiger partial charge in [-0.15, -0.1) is 10.2 Å². The molecule has 2 aromatic heterocycles. The van der Waals surface area contributed by atoms with Crippen molar-refractivity contribution >= 4 is 32.4 Å². The first-order valence-electron chi connectivity index (χ1n) is 6.93. The number of nitrogens with one attached hydrogen (secondary N) is 2. The molecule has 2 rings (SSSR count). The molecular formula is C13H19N5O3S2. The predicted octanol–water partition coefficient (Wildman–Crippen LogP) is 0.973. The molecule has 1 amide bonds. The van der Waals surface area contributed by atoms with Gasteiger partial charge in [-0.1, -0.05) is 11.3 Å². The minimum atomic E-state index is -3.72. The lowest BCUT2D eigenvalue weighted by Gasteiger charge is -2.04. The van der Waals surface area contributed by atoms with E-state index >= 15 is 0 Å². The van der Waals surface area contributed by atoms with Crippen molar-refractivity contribution < 1.29 is 13.2 Å². The molecule has 2 N–H and O–H groups in total. The number of nitrogens with zero attached hydrogens (tertiary/aromatic N) is 3. The first-order chi connectivity index (χ1) is 10.7. The molecule has 2 aromatic rings. The average molecular weight is 357 g/mol. The van der Waals surface area contributed by atoms with E-state index < -0.39 is 10.0 Å². The number of hydrogen-bond acceptors (Lipinski definition) is 6. The van der Waals surface area contributed by atoms with Gasteiger partial charge in [-0.05, 0) is 31.9 Å². The Balaban J connectivity index is 2.00. The molecule has 0 saturated carbocycles. The summed E-state index contributed by atoms with van der Waals surface area (Å²) in [4.78, 5) is 10.9. The van der Waals surface area contributed by atoms with Crippen molar-refractivity contribution in [1.29, 1.82) is 0 Å². The van der Waals surface area contributed by atoms with E-state index in [4.69, 9.17) is 0 Å². The third kappa shape index (κ3) is 4.15. The minimum absolute atomic E-state index is 0.160. The van der Waals surface area contributed by atoms with Crippen LogP contribution in [0.2, 0.25) is 0 Å². The lowest BCUT2D eigenvalue weighted by atomic mass is 10.2. The molecule has 2 heterocycles. The van der Waals surface area contributed by atoms with Gasteiger partial charge in [-0.3, -0.25) is 4.79 Å². The van der Waals surface area contributed by atoms with Gasteiger partial charge in [0.1, 0.15) is 0 Å². The molecule has 0 aliphatic rings. The van der Waals surface area contributed by atoms with Crippen molar-refractivity contribution in [3.8, 4) is 0 Å². The van der Waals surface area contributed by atoms with Gasteiger partial charge in [-0.25, -0.2) is 13.1 Å². The van der Waals surface area contributed by atoms with Crippen LogP contribution in [-0.4, -0.2) is 35.6 Å². The molecule has 0 saturated heterocycles. The third-order valence-corrected chi connectivity index (χ3v) is 6.15. The molecule has 0 aliphatic heterocycles. The normalized spacial score (nSPS) is 11.7. The Morgan fingerprint density at radius 1 is 1.35 bits per heavy atom. The van der Waals surface area contributed by atoms with E-state index in [2.05, 4.69) is 24.8 Å². The Morgan fingerprint density at radius 2 is 2.04 bits per heavy atom. The van der Waals surface area contributed by atoms with Gasteiger partial charge < -0.3 is 9.88 Å². The fourth-order valence-electron chi connectivity index (χ4n) is 2.09. The summed E-state index contributed by atoms with van der Waals surface area (Å²) in [6.07, 6.45) is 0.587. The first kappa shape index (κ1) is 17.6. The SMILES string of the molecule is CC(=O)Nc1nnc(S(=O)(=O)NCCc2cc(C)n(C)c2C)s1. The van der Waals surface area contributed by atoms with Gasteiger partial charge in [0.15, 0.2) is 0 Å². The fourth-order valence-corrected chi connectivity index (χ4v) is 4.11. The van der Waals surface area contributed by atoms with Crippen molar-refractivity contribution in [2.24, 2.45) is 7.05 Å². The molecule has 0 aromatic carbocycles. The Hall–Kier alpha value is -1.78. The van der Waals surface area contributed by atoms with Crippen molar-refractivity contribution in [3.63, 3.8) is 0 Å².